The van der Waals surface area contributed by atoms with Crippen LogP contribution in [0.15, 0.2) is 36.4 Å². The molecular weight excluding hydrogens is 262 g/mol. The second-order valence-electron chi connectivity index (χ2n) is 5.45. The Kier molecular flexibility index (Phi) is 7.59. The van der Waals surface area contributed by atoms with Crippen molar-refractivity contribution >= 4 is 6.09 Å². The molecule has 3 nitrogen and oxygen atoms in total. The summed E-state index contributed by atoms with van der Waals surface area (Å²) in [6.07, 6.45) is 5.27. The number of benzene rings is 1. The average Bonchev–Trinajstić information content (AvgIpc) is 2.49. The van der Waals surface area contributed by atoms with Gasteiger partial charge in [-0.05, 0) is 25.3 Å². The standard InChI is InChI=1S/C18H27NO2/c1-5-6-7-8-9-15(3)17(19-18(20)21-4)16-12-10-14(2)11-13-16/h10-13,17H,3,5-9H2,1-2,4H3,(H,19,20). The van der Waals surface area contributed by atoms with Crippen LogP contribution in [0.2, 0.25) is 0 Å². The van der Waals surface area contributed by atoms with Crippen molar-refractivity contribution in [1.82, 2.24) is 5.32 Å². The highest BCUT2D eigenvalue weighted by molar-refractivity contribution is 5.68. The van der Waals surface area contributed by atoms with Crippen molar-refractivity contribution in [3.05, 3.63) is 47.5 Å². The number of aryl methyl sites for hydroxylation is 1. The Morgan fingerprint density at radius 1 is 1.24 bits per heavy atom. The maximum Gasteiger partial charge on any atom is 0.407 e. The van der Waals surface area contributed by atoms with Crippen LogP contribution >= 0.6 is 0 Å². The fourth-order valence-electron chi connectivity index (χ4n) is 2.28. The van der Waals surface area contributed by atoms with E-state index in [9.17, 15) is 4.79 Å². The lowest BCUT2D eigenvalue weighted by Gasteiger charge is -2.21. The van der Waals surface area contributed by atoms with Crippen molar-refractivity contribution in [2.45, 2.75) is 52.0 Å². The van der Waals surface area contributed by atoms with E-state index in [-0.39, 0.29) is 6.04 Å². The number of ether oxygens (including phenoxy) is 1. The molecule has 0 aromatic heterocycles. The Labute approximate surface area is 128 Å². The van der Waals surface area contributed by atoms with Crippen molar-refractivity contribution in [3.8, 4) is 0 Å². The second kappa shape index (κ2) is 9.22. The highest BCUT2D eigenvalue weighted by Gasteiger charge is 2.17. The van der Waals surface area contributed by atoms with Gasteiger partial charge in [-0.25, -0.2) is 4.79 Å². The molecule has 1 aromatic carbocycles. The van der Waals surface area contributed by atoms with E-state index in [0.29, 0.717) is 0 Å². The minimum absolute atomic E-state index is 0.181. The monoisotopic (exact) mass is 289 g/mol. The fourth-order valence-corrected chi connectivity index (χ4v) is 2.28. The Bertz CT molecular complexity index is 451. The number of methoxy groups -OCH3 is 1. The van der Waals surface area contributed by atoms with E-state index in [1.165, 1.54) is 31.9 Å². The molecule has 0 radical (unpaired) electrons. The topological polar surface area (TPSA) is 38.3 Å². The molecule has 0 fully saturated rings. The molecule has 1 amide bonds. The predicted octanol–water partition coefficient (Wildman–Crippen LogP) is 4.92. The first-order chi connectivity index (χ1) is 10.1. The van der Waals surface area contributed by atoms with Crippen LogP contribution in [-0.2, 0) is 4.74 Å². The van der Waals surface area contributed by atoms with Crippen LogP contribution in [0.3, 0.4) is 0 Å². The fraction of sp³-hybridized carbons (Fsp3) is 0.500. The third-order valence-corrected chi connectivity index (χ3v) is 3.62. The smallest absolute Gasteiger partial charge is 0.407 e. The number of rotatable bonds is 8. The maximum absolute atomic E-state index is 11.6. The number of hydrogen-bond acceptors (Lipinski definition) is 2. The summed E-state index contributed by atoms with van der Waals surface area (Å²) >= 11 is 0. The van der Waals surface area contributed by atoms with E-state index in [1.807, 2.05) is 31.2 Å². The van der Waals surface area contributed by atoms with Gasteiger partial charge in [0, 0.05) is 0 Å². The summed E-state index contributed by atoms with van der Waals surface area (Å²) < 4.78 is 4.73. The summed E-state index contributed by atoms with van der Waals surface area (Å²) in [5, 5.41) is 2.88. The van der Waals surface area contributed by atoms with E-state index in [1.54, 1.807) is 0 Å². The molecule has 21 heavy (non-hydrogen) atoms. The molecule has 1 aromatic rings. The van der Waals surface area contributed by atoms with Gasteiger partial charge in [0.15, 0.2) is 0 Å². The molecule has 0 heterocycles. The number of nitrogens with one attached hydrogen (secondary N) is 1. The molecule has 0 bridgehead atoms. The van der Waals surface area contributed by atoms with Gasteiger partial charge in [0.2, 0.25) is 0 Å². The molecule has 3 heteroatoms. The molecule has 116 valence electrons. The van der Waals surface area contributed by atoms with Gasteiger partial charge in [0.1, 0.15) is 0 Å². The maximum atomic E-state index is 11.6. The number of carbonyl (C=O) groups excluding carboxylic acids is 1. The van der Waals surface area contributed by atoms with Crippen molar-refractivity contribution in [2.75, 3.05) is 7.11 Å². The highest BCUT2D eigenvalue weighted by Crippen LogP contribution is 2.25. The molecule has 0 aliphatic rings. The Morgan fingerprint density at radius 2 is 1.90 bits per heavy atom. The Hall–Kier alpha value is -1.77. The zero-order valence-corrected chi connectivity index (χ0v) is 13.4. The lowest BCUT2D eigenvalue weighted by Crippen LogP contribution is -2.29. The van der Waals surface area contributed by atoms with Crippen LogP contribution in [0.25, 0.3) is 0 Å². The molecule has 0 spiro atoms. The number of alkyl carbamates (subject to hydrolysis) is 1. The summed E-state index contributed by atoms with van der Waals surface area (Å²) in [6.45, 7) is 8.41. The van der Waals surface area contributed by atoms with Gasteiger partial charge in [-0.2, -0.15) is 0 Å². The minimum Gasteiger partial charge on any atom is -0.453 e. The van der Waals surface area contributed by atoms with E-state index in [2.05, 4.69) is 18.8 Å². The van der Waals surface area contributed by atoms with Crippen LogP contribution < -0.4 is 5.32 Å². The van der Waals surface area contributed by atoms with Crippen molar-refractivity contribution in [3.63, 3.8) is 0 Å². The van der Waals surface area contributed by atoms with E-state index >= 15 is 0 Å². The Morgan fingerprint density at radius 3 is 2.48 bits per heavy atom. The lowest BCUT2D eigenvalue weighted by atomic mass is 9.95. The summed E-state index contributed by atoms with van der Waals surface area (Å²) in [5.74, 6) is 0. The van der Waals surface area contributed by atoms with Crippen molar-refractivity contribution < 1.29 is 9.53 Å². The van der Waals surface area contributed by atoms with Gasteiger partial charge in [-0.3, -0.25) is 0 Å². The third-order valence-electron chi connectivity index (χ3n) is 3.62. The van der Waals surface area contributed by atoms with Gasteiger partial charge < -0.3 is 10.1 Å². The van der Waals surface area contributed by atoms with Crippen molar-refractivity contribution in [1.29, 1.82) is 0 Å². The zero-order chi connectivity index (χ0) is 15.7. The lowest BCUT2D eigenvalue weighted by molar-refractivity contribution is 0.168. The average molecular weight is 289 g/mol. The SMILES string of the molecule is C=C(CCCCCC)C(NC(=O)OC)c1ccc(C)cc1. The first-order valence-electron chi connectivity index (χ1n) is 7.67. The molecular formula is C18H27NO2. The van der Waals surface area contributed by atoms with Crippen LogP contribution in [0, 0.1) is 6.92 Å². The van der Waals surface area contributed by atoms with E-state index < -0.39 is 6.09 Å². The second-order valence-corrected chi connectivity index (χ2v) is 5.45. The van der Waals surface area contributed by atoms with Gasteiger partial charge >= 0.3 is 6.09 Å². The van der Waals surface area contributed by atoms with Crippen LogP contribution in [0.5, 0.6) is 0 Å². The van der Waals surface area contributed by atoms with Crippen LogP contribution in [-0.4, -0.2) is 13.2 Å². The Balaban J connectivity index is 2.74. The number of carbonyl (C=O) groups is 1. The summed E-state index contributed by atoms with van der Waals surface area (Å²) in [6, 6.07) is 7.98. The normalized spacial score (nSPS) is 11.8. The van der Waals surface area contributed by atoms with Crippen LogP contribution in [0.4, 0.5) is 4.79 Å². The molecule has 0 aliphatic carbocycles. The number of amides is 1. The summed E-state index contributed by atoms with van der Waals surface area (Å²) in [5.41, 5.74) is 3.27. The molecule has 0 aliphatic heterocycles. The largest absolute Gasteiger partial charge is 0.453 e. The third kappa shape index (κ3) is 6.03. The summed E-state index contributed by atoms with van der Waals surface area (Å²) in [4.78, 5) is 11.6. The van der Waals surface area contributed by atoms with E-state index in [4.69, 9.17) is 4.74 Å². The quantitative estimate of drug-likeness (QED) is 0.545. The van der Waals surface area contributed by atoms with Gasteiger partial charge in [-0.1, -0.05) is 68.2 Å². The van der Waals surface area contributed by atoms with Gasteiger partial charge in [0.05, 0.1) is 13.2 Å². The molecule has 1 atom stereocenters. The predicted molar refractivity (Wildman–Crippen MR) is 87.4 cm³/mol. The molecule has 1 N–H and O–H groups in total. The first-order valence-corrected chi connectivity index (χ1v) is 7.67. The number of unbranched alkanes of at least 4 members (excludes halogenated alkanes) is 3. The molecule has 0 saturated heterocycles. The molecule has 0 saturated carbocycles. The minimum atomic E-state index is -0.421. The molecule has 1 rings (SSSR count). The van der Waals surface area contributed by atoms with Crippen molar-refractivity contribution in [2.24, 2.45) is 0 Å². The first kappa shape index (κ1) is 17.3. The zero-order valence-electron chi connectivity index (χ0n) is 13.4. The summed E-state index contributed by atoms with van der Waals surface area (Å²) in [7, 11) is 1.38. The number of hydrogen-bond donors (Lipinski definition) is 1. The van der Waals surface area contributed by atoms with E-state index in [0.717, 1.165) is 24.0 Å². The van der Waals surface area contributed by atoms with Gasteiger partial charge in [-0.15, -0.1) is 0 Å². The molecule has 1 unspecified atom stereocenters. The van der Waals surface area contributed by atoms with Gasteiger partial charge in [0.25, 0.3) is 0 Å². The van der Waals surface area contributed by atoms with Crippen LogP contribution in [0.1, 0.15) is 56.2 Å². The highest BCUT2D eigenvalue weighted by atomic mass is 16.5.